The van der Waals surface area contributed by atoms with Crippen LogP contribution in [0.5, 0.6) is 0 Å². The molecule has 1 nitrogen and oxygen atoms in total. The molecule has 0 saturated heterocycles. The summed E-state index contributed by atoms with van der Waals surface area (Å²) in [6.07, 6.45) is 0.557. The van der Waals surface area contributed by atoms with Gasteiger partial charge in [-0.15, -0.1) is 23.5 Å². The lowest BCUT2D eigenvalue weighted by molar-refractivity contribution is -0.117. The predicted octanol–water partition coefficient (Wildman–Crippen LogP) is 4.72. The highest BCUT2D eigenvalue weighted by molar-refractivity contribution is 8.20. The highest BCUT2D eigenvalue weighted by atomic mass is 32.2. The van der Waals surface area contributed by atoms with Gasteiger partial charge in [-0.2, -0.15) is 0 Å². The first-order valence-corrected chi connectivity index (χ1v) is 7.85. The largest absolute Gasteiger partial charge is 0.300 e. The number of rotatable bonds is 3. The van der Waals surface area contributed by atoms with Crippen molar-refractivity contribution in [3.63, 3.8) is 0 Å². The number of carbonyl (C=O) groups excluding carboxylic acids is 1. The van der Waals surface area contributed by atoms with Crippen molar-refractivity contribution >= 4 is 29.3 Å². The number of fused-ring (bicyclic) bond motifs is 1. The van der Waals surface area contributed by atoms with E-state index in [1.165, 1.54) is 15.4 Å². The number of thioether (sulfide) groups is 2. The molecule has 0 spiro atoms. The molecule has 19 heavy (non-hydrogen) atoms. The van der Waals surface area contributed by atoms with Crippen molar-refractivity contribution in [1.29, 1.82) is 0 Å². The van der Waals surface area contributed by atoms with Crippen molar-refractivity contribution < 1.29 is 4.79 Å². The van der Waals surface area contributed by atoms with Crippen LogP contribution < -0.4 is 0 Å². The summed E-state index contributed by atoms with van der Waals surface area (Å²) < 4.78 is -0.198. The van der Waals surface area contributed by atoms with Gasteiger partial charge in [-0.3, -0.25) is 4.79 Å². The minimum Gasteiger partial charge on any atom is -0.300 e. The Morgan fingerprint density at radius 2 is 1.47 bits per heavy atom. The van der Waals surface area contributed by atoms with Gasteiger partial charge in [-0.1, -0.05) is 42.5 Å². The van der Waals surface area contributed by atoms with E-state index in [9.17, 15) is 4.79 Å². The minimum absolute atomic E-state index is 0.198. The normalized spacial score (nSPS) is 16.1. The van der Waals surface area contributed by atoms with E-state index in [4.69, 9.17) is 0 Å². The molecular weight excluding hydrogens is 272 g/mol. The van der Waals surface area contributed by atoms with Crippen molar-refractivity contribution in [2.45, 2.75) is 27.2 Å². The molecule has 0 aliphatic carbocycles. The van der Waals surface area contributed by atoms with E-state index >= 15 is 0 Å². The Hall–Kier alpha value is -1.19. The third kappa shape index (κ3) is 2.45. The lowest BCUT2D eigenvalue weighted by Gasteiger charge is -2.26. The van der Waals surface area contributed by atoms with Crippen molar-refractivity contribution in [2.75, 3.05) is 0 Å². The fourth-order valence-electron chi connectivity index (χ4n) is 2.31. The molecule has 2 aromatic carbocycles. The zero-order valence-corrected chi connectivity index (χ0v) is 12.3. The van der Waals surface area contributed by atoms with E-state index in [0.717, 1.165) is 0 Å². The molecule has 1 aliphatic rings. The molecule has 0 bridgehead atoms. The van der Waals surface area contributed by atoms with Gasteiger partial charge in [0.25, 0.3) is 0 Å². The second-order valence-corrected chi connectivity index (χ2v) is 7.59. The average molecular weight is 286 g/mol. The molecule has 96 valence electrons. The fourth-order valence-corrected chi connectivity index (χ4v) is 5.66. The Labute approximate surface area is 121 Å². The van der Waals surface area contributed by atoms with E-state index in [1.54, 1.807) is 6.92 Å². The van der Waals surface area contributed by atoms with Gasteiger partial charge in [0.2, 0.25) is 0 Å². The molecule has 0 fully saturated rings. The van der Waals surface area contributed by atoms with Gasteiger partial charge in [0.1, 0.15) is 9.86 Å². The first-order chi connectivity index (χ1) is 9.20. The maximum atomic E-state index is 11.7. The summed E-state index contributed by atoms with van der Waals surface area (Å²) in [5.41, 5.74) is 1.22. The summed E-state index contributed by atoms with van der Waals surface area (Å²) in [6, 6.07) is 18.7. The van der Waals surface area contributed by atoms with Gasteiger partial charge in [0, 0.05) is 16.2 Å². The Morgan fingerprint density at radius 3 is 2.00 bits per heavy atom. The summed E-state index contributed by atoms with van der Waals surface area (Å²) in [4.78, 5) is 14.3. The predicted molar refractivity (Wildman–Crippen MR) is 81.6 cm³/mol. The van der Waals surface area contributed by atoms with E-state index in [0.29, 0.717) is 6.42 Å². The van der Waals surface area contributed by atoms with Gasteiger partial charge in [-0.25, -0.2) is 0 Å². The van der Waals surface area contributed by atoms with Crippen LogP contribution in [0.25, 0.3) is 0 Å². The van der Waals surface area contributed by atoms with Crippen LogP contribution >= 0.6 is 23.5 Å². The van der Waals surface area contributed by atoms with Crippen LogP contribution in [0.4, 0.5) is 0 Å². The van der Waals surface area contributed by atoms with E-state index in [2.05, 4.69) is 36.4 Å². The standard InChI is InChI=1S/C16H14OS2/c1-12(17)11-16(13-7-3-2-4-8-13)18-14-9-5-6-10-15(14)19-16/h2-10H,11H2,1H3. The van der Waals surface area contributed by atoms with E-state index in [1.807, 2.05) is 41.7 Å². The summed E-state index contributed by atoms with van der Waals surface area (Å²) in [7, 11) is 0. The van der Waals surface area contributed by atoms with Crippen LogP contribution in [0.1, 0.15) is 18.9 Å². The van der Waals surface area contributed by atoms with Gasteiger partial charge in [0.15, 0.2) is 0 Å². The number of Topliss-reactive ketones (excluding diaryl/α,β-unsaturated/α-hetero) is 1. The number of carbonyl (C=O) groups is 1. The quantitative estimate of drug-likeness (QED) is 0.813. The zero-order valence-electron chi connectivity index (χ0n) is 10.6. The highest BCUT2D eigenvalue weighted by Gasteiger charge is 2.41. The molecular formula is C16H14OS2. The summed E-state index contributed by atoms with van der Waals surface area (Å²) in [5.74, 6) is 0.233. The maximum absolute atomic E-state index is 11.7. The van der Waals surface area contributed by atoms with E-state index < -0.39 is 0 Å². The SMILES string of the molecule is CC(=O)CC1(c2ccccc2)Sc2ccccc2S1. The van der Waals surface area contributed by atoms with Crippen molar-refractivity contribution in [3.8, 4) is 0 Å². The Kier molecular flexibility index (Phi) is 3.42. The van der Waals surface area contributed by atoms with Gasteiger partial charge in [-0.05, 0) is 24.6 Å². The van der Waals surface area contributed by atoms with E-state index in [-0.39, 0.29) is 9.86 Å². The lowest BCUT2D eigenvalue weighted by Crippen LogP contribution is -2.18. The maximum Gasteiger partial charge on any atom is 0.132 e. The van der Waals surface area contributed by atoms with Crippen LogP contribution in [-0.2, 0) is 8.87 Å². The third-order valence-electron chi connectivity index (χ3n) is 3.09. The summed E-state index contributed by atoms with van der Waals surface area (Å²) >= 11 is 3.61. The van der Waals surface area contributed by atoms with Crippen LogP contribution in [0, 0.1) is 0 Å². The minimum atomic E-state index is -0.198. The molecule has 0 N–H and O–H groups in total. The number of hydrogen-bond acceptors (Lipinski definition) is 3. The molecule has 0 unspecified atom stereocenters. The summed E-state index contributed by atoms with van der Waals surface area (Å²) in [5, 5.41) is 0. The molecule has 0 radical (unpaired) electrons. The Bertz CT molecular complexity index is 582. The van der Waals surface area contributed by atoms with Crippen LogP contribution in [0.2, 0.25) is 0 Å². The molecule has 1 heterocycles. The molecule has 0 atom stereocenters. The third-order valence-corrected chi connectivity index (χ3v) is 6.29. The number of hydrogen-bond donors (Lipinski definition) is 0. The number of benzene rings is 2. The van der Waals surface area contributed by atoms with Crippen LogP contribution in [0.3, 0.4) is 0 Å². The monoisotopic (exact) mass is 286 g/mol. The van der Waals surface area contributed by atoms with Gasteiger partial charge < -0.3 is 0 Å². The first kappa shape index (κ1) is 12.8. The second-order valence-electron chi connectivity index (χ2n) is 4.65. The number of ketones is 1. The Balaban J connectivity index is 2.04. The van der Waals surface area contributed by atoms with Crippen LogP contribution in [-0.4, -0.2) is 5.78 Å². The first-order valence-electron chi connectivity index (χ1n) is 6.22. The van der Waals surface area contributed by atoms with Crippen LogP contribution in [0.15, 0.2) is 64.4 Å². The summed E-state index contributed by atoms with van der Waals surface area (Å²) in [6.45, 7) is 1.68. The molecule has 3 rings (SSSR count). The molecule has 0 aromatic heterocycles. The topological polar surface area (TPSA) is 17.1 Å². The van der Waals surface area contributed by atoms with Crippen molar-refractivity contribution in [2.24, 2.45) is 0 Å². The molecule has 2 aromatic rings. The smallest absolute Gasteiger partial charge is 0.132 e. The molecule has 3 heteroatoms. The molecule has 1 aliphatic heterocycles. The Morgan fingerprint density at radius 1 is 0.947 bits per heavy atom. The molecule has 0 amide bonds. The molecule has 0 saturated carbocycles. The highest BCUT2D eigenvalue weighted by Crippen LogP contribution is 2.62. The zero-order chi connectivity index (χ0) is 13.3. The van der Waals surface area contributed by atoms with Gasteiger partial charge >= 0.3 is 0 Å². The average Bonchev–Trinajstić information content (AvgIpc) is 2.78. The lowest BCUT2D eigenvalue weighted by atomic mass is 10.1. The van der Waals surface area contributed by atoms with Crippen molar-refractivity contribution in [3.05, 3.63) is 60.2 Å². The van der Waals surface area contributed by atoms with Crippen molar-refractivity contribution in [1.82, 2.24) is 0 Å². The second kappa shape index (κ2) is 5.06. The van der Waals surface area contributed by atoms with Gasteiger partial charge in [0.05, 0.1) is 0 Å². The fraction of sp³-hybridized carbons (Fsp3) is 0.188.